The number of ether oxygens (including phenoxy) is 2. The fourth-order valence-electron chi connectivity index (χ4n) is 2.19. The highest BCUT2D eigenvalue weighted by Crippen LogP contribution is 2.33. The third kappa shape index (κ3) is 4.59. The molecule has 7 nitrogen and oxygen atoms in total. The fourth-order valence-corrected chi connectivity index (χ4v) is 2.65. The van der Waals surface area contributed by atoms with Gasteiger partial charge in [0.05, 0.1) is 6.26 Å². The molecular formula is C15H22N2O5S. The predicted octanol–water partition coefficient (Wildman–Crippen LogP) is 0.613. The van der Waals surface area contributed by atoms with Crippen LogP contribution in [-0.2, 0) is 14.8 Å². The maximum absolute atomic E-state index is 12.2. The van der Waals surface area contributed by atoms with E-state index in [1.54, 1.807) is 19.1 Å². The molecule has 0 spiro atoms. The topological polar surface area (TPSA) is 84.9 Å². The summed E-state index contributed by atoms with van der Waals surface area (Å²) in [6.07, 6.45) is 0.548. The minimum Gasteiger partial charge on any atom is -0.482 e. The first-order chi connectivity index (χ1) is 10.8. The van der Waals surface area contributed by atoms with Gasteiger partial charge in [0.1, 0.15) is 6.10 Å². The summed E-state index contributed by atoms with van der Waals surface area (Å²) in [6.45, 7) is 2.49. The highest BCUT2D eigenvalue weighted by Gasteiger charge is 2.33. The van der Waals surface area contributed by atoms with Gasteiger partial charge in [-0.15, -0.1) is 0 Å². The van der Waals surface area contributed by atoms with Crippen molar-refractivity contribution in [1.29, 1.82) is 0 Å². The molecule has 2 atom stereocenters. The van der Waals surface area contributed by atoms with Gasteiger partial charge in [-0.25, -0.2) is 12.7 Å². The summed E-state index contributed by atoms with van der Waals surface area (Å²) in [5, 5.41) is 2.75. The lowest BCUT2D eigenvalue weighted by atomic mass is 10.1. The largest absolute Gasteiger partial charge is 0.482 e. The Bertz CT molecular complexity index is 662. The number of nitrogens with one attached hydrogen (secondary N) is 1. The number of hydrogen-bond donors (Lipinski definition) is 1. The lowest BCUT2D eigenvalue weighted by molar-refractivity contribution is -0.133. The second kappa shape index (κ2) is 7.18. The van der Waals surface area contributed by atoms with Crippen LogP contribution in [0, 0.1) is 0 Å². The maximum Gasteiger partial charge on any atom is 0.265 e. The van der Waals surface area contributed by atoms with Crippen LogP contribution in [0.15, 0.2) is 24.3 Å². The van der Waals surface area contributed by atoms with Crippen LogP contribution in [0.1, 0.15) is 13.3 Å². The van der Waals surface area contributed by atoms with Crippen LogP contribution in [0.4, 0.5) is 0 Å². The van der Waals surface area contributed by atoms with Gasteiger partial charge in [0, 0.05) is 20.1 Å². The Hall–Kier alpha value is -1.80. The van der Waals surface area contributed by atoms with E-state index in [0.717, 1.165) is 6.26 Å². The van der Waals surface area contributed by atoms with Gasteiger partial charge in [0.15, 0.2) is 11.5 Å². The Morgan fingerprint density at radius 3 is 2.48 bits per heavy atom. The normalized spacial score (nSPS) is 20.3. The zero-order chi connectivity index (χ0) is 17.0. The highest BCUT2D eigenvalue weighted by molar-refractivity contribution is 7.88. The fraction of sp³-hybridized carbons (Fsp3) is 0.533. The first kappa shape index (κ1) is 17.6. The van der Waals surface area contributed by atoms with Gasteiger partial charge in [-0.05, 0) is 25.5 Å². The SMILES string of the molecule is C[C@@H]1Oc2ccccc2O[C@H]1C(=O)NCCCN(C)S(C)(=O)=O. The van der Waals surface area contributed by atoms with Crippen molar-refractivity contribution >= 4 is 15.9 Å². The standard InChI is InChI=1S/C15H22N2O5S/c1-11-14(22-13-8-5-4-7-12(13)21-11)15(18)16-9-6-10-17(2)23(3,19)20/h4-5,7-8,11,14H,6,9-10H2,1-3H3,(H,16,18)/t11-,14+/m0/s1. The van der Waals surface area contributed by atoms with E-state index in [9.17, 15) is 13.2 Å². The summed E-state index contributed by atoms with van der Waals surface area (Å²) in [5.41, 5.74) is 0. The van der Waals surface area contributed by atoms with E-state index in [1.807, 2.05) is 12.1 Å². The Balaban J connectivity index is 1.82. The van der Waals surface area contributed by atoms with E-state index in [2.05, 4.69) is 5.32 Å². The number of amides is 1. The molecule has 1 heterocycles. The Labute approximate surface area is 136 Å². The van der Waals surface area contributed by atoms with Gasteiger partial charge < -0.3 is 14.8 Å². The number of fused-ring (bicyclic) bond motifs is 1. The monoisotopic (exact) mass is 342 g/mol. The number of nitrogens with zero attached hydrogens (tertiary/aromatic N) is 1. The summed E-state index contributed by atoms with van der Waals surface area (Å²) < 4.78 is 35.2. The summed E-state index contributed by atoms with van der Waals surface area (Å²) >= 11 is 0. The van der Waals surface area contributed by atoms with E-state index in [1.165, 1.54) is 11.4 Å². The van der Waals surface area contributed by atoms with E-state index in [-0.39, 0.29) is 5.91 Å². The highest BCUT2D eigenvalue weighted by atomic mass is 32.2. The molecule has 1 aliphatic heterocycles. The molecule has 0 saturated carbocycles. The molecule has 0 unspecified atom stereocenters. The smallest absolute Gasteiger partial charge is 0.265 e. The van der Waals surface area contributed by atoms with Gasteiger partial charge in [-0.2, -0.15) is 0 Å². The number of carbonyl (C=O) groups is 1. The van der Waals surface area contributed by atoms with Crippen molar-refractivity contribution < 1.29 is 22.7 Å². The summed E-state index contributed by atoms with van der Waals surface area (Å²) in [4.78, 5) is 12.2. The van der Waals surface area contributed by atoms with Crippen LogP contribution in [0.5, 0.6) is 11.5 Å². The van der Waals surface area contributed by atoms with Crippen molar-refractivity contribution in [3.63, 3.8) is 0 Å². The minimum absolute atomic E-state index is 0.269. The van der Waals surface area contributed by atoms with E-state index < -0.39 is 22.2 Å². The summed E-state index contributed by atoms with van der Waals surface area (Å²) in [6, 6.07) is 7.20. The van der Waals surface area contributed by atoms with E-state index >= 15 is 0 Å². The molecule has 0 saturated heterocycles. The maximum atomic E-state index is 12.2. The third-order valence-electron chi connectivity index (χ3n) is 3.62. The Morgan fingerprint density at radius 1 is 1.26 bits per heavy atom. The summed E-state index contributed by atoms with van der Waals surface area (Å²) in [7, 11) is -1.68. The molecule has 0 aromatic heterocycles. The molecule has 0 bridgehead atoms. The van der Waals surface area contributed by atoms with Crippen LogP contribution in [0.25, 0.3) is 0 Å². The molecule has 0 fully saturated rings. The van der Waals surface area contributed by atoms with Gasteiger partial charge >= 0.3 is 0 Å². The second-order valence-corrected chi connectivity index (χ2v) is 7.63. The molecule has 23 heavy (non-hydrogen) atoms. The van der Waals surface area contributed by atoms with Crippen molar-refractivity contribution in [2.45, 2.75) is 25.6 Å². The van der Waals surface area contributed by atoms with Crippen molar-refractivity contribution in [2.75, 3.05) is 26.4 Å². The number of carbonyl (C=O) groups excluding carboxylic acids is 1. The van der Waals surface area contributed by atoms with Crippen LogP contribution in [-0.4, -0.2) is 57.2 Å². The molecule has 1 amide bonds. The zero-order valence-corrected chi connectivity index (χ0v) is 14.3. The molecule has 1 aliphatic rings. The Kier molecular flexibility index (Phi) is 5.48. The summed E-state index contributed by atoms with van der Waals surface area (Å²) in [5.74, 6) is 0.899. The molecule has 1 N–H and O–H groups in total. The van der Waals surface area contributed by atoms with Gasteiger partial charge in [0.25, 0.3) is 5.91 Å². The van der Waals surface area contributed by atoms with E-state index in [0.29, 0.717) is 31.0 Å². The van der Waals surface area contributed by atoms with Crippen molar-refractivity contribution in [2.24, 2.45) is 0 Å². The molecule has 1 aromatic carbocycles. The molecule has 2 rings (SSSR count). The molecule has 1 aromatic rings. The predicted molar refractivity (Wildman–Crippen MR) is 86.0 cm³/mol. The first-order valence-corrected chi connectivity index (χ1v) is 9.25. The van der Waals surface area contributed by atoms with Gasteiger partial charge in [-0.1, -0.05) is 12.1 Å². The van der Waals surface area contributed by atoms with Gasteiger partial charge in [-0.3, -0.25) is 4.79 Å². The third-order valence-corrected chi connectivity index (χ3v) is 4.93. The lowest BCUT2D eigenvalue weighted by Gasteiger charge is -2.31. The van der Waals surface area contributed by atoms with Crippen LogP contribution < -0.4 is 14.8 Å². The minimum atomic E-state index is -3.19. The molecule has 128 valence electrons. The number of rotatable bonds is 6. The van der Waals surface area contributed by atoms with Crippen molar-refractivity contribution in [3.8, 4) is 11.5 Å². The average molecular weight is 342 g/mol. The second-order valence-electron chi connectivity index (χ2n) is 5.54. The lowest BCUT2D eigenvalue weighted by Crippen LogP contribution is -2.49. The van der Waals surface area contributed by atoms with E-state index in [4.69, 9.17) is 9.47 Å². The number of para-hydroxylation sites is 2. The Morgan fingerprint density at radius 2 is 1.87 bits per heavy atom. The van der Waals surface area contributed by atoms with Crippen molar-refractivity contribution in [1.82, 2.24) is 9.62 Å². The number of hydrogen-bond acceptors (Lipinski definition) is 5. The number of benzene rings is 1. The van der Waals surface area contributed by atoms with Crippen molar-refractivity contribution in [3.05, 3.63) is 24.3 Å². The van der Waals surface area contributed by atoms with Gasteiger partial charge in [0.2, 0.25) is 16.1 Å². The van der Waals surface area contributed by atoms with Crippen LogP contribution in [0.3, 0.4) is 0 Å². The quantitative estimate of drug-likeness (QED) is 0.766. The molecule has 0 aliphatic carbocycles. The molecule has 8 heteroatoms. The average Bonchev–Trinajstić information content (AvgIpc) is 2.49. The zero-order valence-electron chi connectivity index (χ0n) is 13.5. The molecule has 0 radical (unpaired) electrons. The van der Waals surface area contributed by atoms with Crippen LogP contribution >= 0.6 is 0 Å². The first-order valence-electron chi connectivity index (χ1n) is 7.40. The molecular weight excluding hydrogens is 320 g/mol. The number of sulfonamides is 1. The van der Waals surface area contributed by atoms with Crippen LogP contribution in [0.2, 0.25) is 0 Å².